The summed E-state index contributed by atoms with van der Waals surface area (Å²) in [5, 5.41) is 11.5. The van der Waals surface area contributed by atoms with E-state index in [1.165, 1.54) is 0 Å². The van der Waals surface area contributed by atoms with Crippen molar-refractivity contribution in [2.24, 2.45) is 5.41 Å². The molecule has 0 aliphatic carbocycles. The summed E-state index contributed by atoms with van der Waals surface area (Å²) in [5.74, 6) is 0.949. The van der Waals surface area contributed by atoms with Crippen LogP contribution >= 0.6 is 11.3 Å². The minimum atomic E-state index is -0.245. The maximum absolute atomic E-state index is 12.1. The van der Waals surface area contributed by atoms with Crippen molar-refractivity contribution in [1.29, 1.82) is 0 Å². The van der Waals surface area contributed by atoms with Crippen LogP contribution in [-0.2, 0) is 6.54 Å². The third-order valence-corrected chi connectivity index (χ3v) is 3.88. The molecule has 0 radical (unpaired) electrons. The minimum Gasteiger partial charge on any atom is -0.340 e. The van der Waals surface area contributed by atoms with E-state index in [1.807, 2.05) is 17.5 Å². The van der Waals surface area contributed by atoms with E-state index in [1.54, 1.807) is 18.3 Å². The summed E-state index contributed by atoms with van der Waals surface area (Å²) in [4.78, 5) is 17.2. The number of nitrogens with one attached hydrogen (secondary N) is 2. The number of rotatable bonds is 4. The van der Waals surface area contributed by atoms with Gasteiger partial charge in [0.2, 0.25) is 5.89 Å². The summed E-state index contributed by atoms with van der Waals surface area (Å²) in [5.41, 5.74) is -0.0785. The lowest BCUT2D eigenvalue weighted by Crippen LogP contribution is -2.42. The maximum atomic E-state index is 12.1. The summed E-state index contributed by atoms with van der Waals surface area (Å²) < 4.78 is 4.86. The van der Waals surface area contributed by atoms with Crippen molar-refractivity contribution >= 4 is 17.4 Å². The van der Waals surface area contributed by atoms with Gasteiger partial charge in [-0.2, -0.15) is 4.98 Å². The van der Waals surface area contributed by atoms with Crippen molar-refractivity contribution < 1.29 is 9.32 Å². The smallest absolute Gasteiger partial charge is 0.315 e. The van der Waals surface area contributed by atoms with E-state index in [2.05, 4.69) is 41.5 Å². The van der Waals surface area contributed by atoms with Gasteiger partial charge in [-0.3, -0.25) is 0 Å². The number of aromatic nitrogens is 2. The van der Waals surface area contributed by atoms with Crippen LogP contribution in [0.25, 0.3) is 0 Å². The Balaban J connectivity index is 1.95. The summed E-state index contributed by atoms with van der Waals surface area (Å²) in [6, 6.07) is 3.72. The average molecular weight is 308 g/mol. The molecule has 21 heavy (non-hydrogen) atoms. The van der Waals surface area contributed by atoms with Crippen molar-refractivity contribution in [3.63, 3.8) is 0 Å². The van der Waals surface area contributed by atoms with Gasteiger partial charge in [-0.15, -0.1) is 11.3 Å². The molecule has 0 aliphatic rings. The van der Waals surface area contributed by atoms with Crippen molar-refractivity contribution in [1.82, 2.24) is 20.8 Å². The molecule has 0 spiro atoms. The SMILES string of the molecule is Cc1nc(CNC(=O)N[C@@H](c2cccs2)C(C)(C)C)no1. The topological polar surface area (TPSA) is 80.0 Å². The van der Waals surface area contributed by atoms with Gasteiger partial charge in [0.1, 0.15) is 0 Å². The zero-order chi connectivity index (χ0) is 15.5. The molecule has 0 bridgehead atoms. The van der Waals surface area contributed by atoms with E-state index in [9.17, 15) is 4.79 Å². The molecule has 0 saturated carbocycles. The molecule has 7 heteroatoms. The van der Waals surface area contributed by atoms with E-state index < -0.39 is 0 Å². The van der Waals surface area contributed by atoms with Gasteiger partial charge in [0, 0.05) is 11.8 Å². The quantitative estimate of drug-likeness (QED) is 0.910. The highest BCUT2D eigenvalue weighted by Gasteiger charge is 2.28. The number of hydrogen-bond donors (Lipinski definition) is 2. The van der Waals surface area contributed by atoms with Crippen LogP contribution in [0.4, 0.5) is 4.79 Å². The van der Waals surface area contributed by atoms with Gasteiger partial charge >= 0.3 is 6.03 Å². The molecule has 2 amide bonds. The van der Waals surface area contributed by atoms with E-state index in [4.69, 9.17) is 4.52 Å². The fraction of sp³-hybridized carbons (Fsp3) is 0.500. The zero-order valence-corrected chi connectivity index (χ0v) is 13.5. The van der Waals surface area contributed by atoms with Crippen LogP contribution in [-0.4, -0.2) is 16.2 Å². The molecule has 0 saturated heterocycles. The van der Waals surface area contributed by atoms with Crippen LogP contribution in [0.15, 0.2) is 22.0 Å². The average Bonchev–Trinajstić information content (AvgIpc) is 3.03. The molecule has 114 valence electrons. The van der Waals surface area contributed by atoms with Crippen molar-refractivity contribution in [2.45, 2.75) is 40.3 Å². The Morgan fingerprint density at radius 1 is 1.48 bits per heavy atom. The number of carbonyl (C=O) groups excluding carboxylic acids is 1. The van der Waals surface area contributed by atoms with Crippen LogP contribution < -0.4 is 10.6 Å². The first-order chi connectivity index (χ1) is 9.86. The zero-order valence-electron chi connectivity index (χ0n) is 12.6. The number of urea groups is 1. The summed E-state index contributed by atoms with van der Waals surface area (Å²) in [6.07, 6.45) is 0. The molecule has 6 nitrogen and oxygen atoms in total. The highest BCUT2D eigenvalue weighted by molar-refractivity contribution is 7.10. The Kier molecular flexibility index (Phi) is 4.62. The lowest BCUT2D eigenvalue weighted by molar-refractivity contribution is 0.219. The monoisotopic (exact) mass is 308 g/mol. The molecule has 2 aromatic heterocycles. The molecule has 0 fully saturated rings. The van der Waals surface area contributed by atoms with Gasteiger partial charge in [-0.05, 0) is 16.9 Å². The van der Waals surface area contributed by atoms with Crippen molar-refractivity contribution in [3.8, 4) is 0 Å². The van der Waals surface area contributed by atoms with Gasteiger partial charge < -0.3 is 15.2 Å². The van der Waals surface area contributed by atoms with E-state index >= 15 is 0 Å². The molecular weight excluding hydrogens is 288 g/mol. The largest absolute Gasteiger partial charge is 0.340 e. The number of carbonyl (C=O) groups is 1. The van der Waals surface area contributed by atoms with Gasteiger partial charge in [0.25, 0.3) is 0 Å². The van der Waals surface area contributed by atoms with Crippen LogP contribution in [0.2, 0.25) is 0 Å². The molecule has 0 aromatic carbocycles. The van der Waals surface area contributed by atoms with Crippen LogP contribution in [0, 0.1) is 12.3 Å². The van der Waals surface area contributed by atoms with E-state index in [0.717, 1.165) is 4.88 Å². The van der Waals surface area contributed by atoms with E-state index in [0.29, 0.717) is 11.7 Å². The first kappa shape index (κ1) is 15.5. The fourth-order valence-corrected chi connectivity index (χ4v) is 2.94. The predicted molar refractivity (Wildman–Crippen MR) is 80.9 cm³/mol. The number of amides is 2. The van der Waals surface area contributed by atoms with Crippen LogP contribution in [0.1, 0.15) is 43.4 Å². The molecule has 2 N–H and O–H groups in total. The van der Waals surface area contributed by atoms with Crippen LogP contribution in [0.5, 0.6) is 0 Å². The molecule has 2 rings (SSSR count). The number of thiophene rings is 1. The molecule has 0 aliphatic heterocycles. The Morgan fingerprint density at radius 2 is 2.24 bits per heavy atom. The van der Waals surface area contributed by atoms with Gasteiger partial charge in [-0.25, -0.2) is 4.79 Å². The highest BCUT2D eigenvalue weighted by atomic mass is 32.1. The second-order valence-electron chi connectivity index (χ2n) is 5.87. The molecule has 2 heterocycles. The lowest BCUT2D eigenvalue weighted by Gasteiger charge is -2.30. The first-order valence-corrected chi connectivity index (χ1v) is 7.61. The van der Waals surface area contributed by atoms with Crippen LogP contribution in [0.3, 0.4) is 0 Å². The standard InChI is InChI=1S/C14H20N4O2S/c1-9-16-11(18-20-9)8-15-13(19)17-12(14(2,3)4)10-6-5-7-21-10/h5-7,12H,8H2,1-4H3,(H2,15,17,19)/t12-/m0/s1. The third kappa shape index (κ3) is 4.29. The molecular formula is C14H20N4O2S. The van der Waals surface area contributed by atoms with Gasteiger partial charge in [-0.1, -0.05) is 32.0 Å². The number of hydrogen-bond acceptors (Lipinski definition) is 5. The summed E-state index contributed by atoms with van der Waals surface area (Å²) in [6.45, 7) is 8.24. The lowest BCUT2D eigenvalue weighted by atomic mass is 9.86. The van der Waals surface area contributed by atoms with Crippen molar-refractivity contribution in [2.75, 3.05) is 0 Å². The number of aryl methyl sites for hydroxylation is 1. The Morgan fingerprint density at radius 3 is 2.76 bits per heavy atom. The Hall–Kier alpha value is -1.89. The van der Waals surface area contributed by atoms with E-state index in [-0.39, 0.29) is 24.0 Å². The molecule has 1 atom stereocenters. The second kappa shape index (κ2) is 6.26. The fourth-order valence-electron chi connectivity index (χ4n) is 1.92. The number of nitrogens with zero attached hydrogens (tertiary/aromatic N) is 2. The maximum Gasteiger partial charge on any atom is 0.315 e. The Labute approximate surface area is 127 Å². The Bertz CT molecular complexity index is 586. The summed E-state index contributed by atoms with van der Waals surface area (Å²) in [7, 11) is 0. The van der Waals surface area contributed by atoms with Gasteiger partial charge in [0.15, 0.2) is 5.82 Å². The second-order valence-corrected chi connectivity index (χ2v) is 6.85. The highest BCUT2D eigenvalue weighted by Crippen LogP contribution is 2.34. The van der Waals surface area contributed by atoms with Gasteiger partial charge in [0.05, 0.1) is 12.6 Å². The molecule has 0 unspecified atom stereocenters. The predicted octanol–water partition coefficient (Wildman–Crippen LogP) is 3.03. The molecule has 2 aromatic rings. The third-order valence-electron chi connectivity index (χ3n) is 2.95. The van der Waals surface area contributed by atoms with Crippen molar-refractivity contribution in [3.05, 3.63) is 34.1 Å². The summed E-state index contributed by atoms with van der Waals surface area (Å²) >= 11 is 1.64. The normalized spacial score (nSPS) is 13.0. The minimum absolute atomic E-state index is 0.0514. The first-order valence-electron chi connectivity index (χ1n) is 6.73.